The normalized spacial score (nSPS) is 10.2. The van der Waals surface area contributed by atoms with Gasteiger partial charge in [-0.1, -0.05) is 0 Å². The number of hydrogen-bond donors (Lipinski definition) is 2. The van der Waals surface area contributed by atoms with Crippen LogP contribution >= 0.6 is 11.3 Å². The molecule has 2 aromatic rings. The van der Waals surface area contributed by atoms with Crippen molar-refractivity contribution in [3.63, 3.8) is 0 Å². The maximum Gasteiger partial charge on any atom is 0.345 e. The van der Waals surface area contributed by atoms with Crippen LogP contribution in [-0.4, -0.2) is 27.1 Å². The van der Waals surface area contributed by atoms with Gasteiger partial charge in [-0.2, -0.15) is 0 Å². The number of nitro groups is 1. The number of thiophene rings is 1. The number of benzene rings is 1. The van der Waals surface area contributed by atoms with Gasteiger partial charge in [0.2, 0.25) is 0 Å². The highest BCUT2D eigenvalue weighted by atomic mass is 32.1. The molecule has 0 amide bonds. The second-order valence-corrected chi connectivity index (χ2v) is 4.75. The molecule has 1 heterocycles. The summed E-state index contributed by atoms with van der Waals surface area (Å²) in [6, 6.07) is 4.77. The van der Waals surface area contributed by atoms with Crippen molar-refractivity contribution in [2.24, 2.45) is 0 Å². The van der Waals surface area contributed by atoms with Crippen LogP contribution in [0.1, 0.15) is 20.0 Å². The molecule has 0 spiro atoms. The number of nitrogens with zero attached hydrogens (tertiary/aromatic N) is 1. The van der Waals surface area contributed by atoms with Gasteiger partial charge in [0.1, 0.15) is 4.88 Å². The predicted molar refractivity (Wildman–Crippen MR) is 70.3 cm³/mol. The van der Waals surface area contributed by atoms with E-state index >= 15 is 0 Å². The highest BCUT2D eigenvalue weighted by molar-refractivity contribution is 7.12. The molecule has 0 unspecified atom stereocenters. The van der Waals surface area contributed by atoms with Gasteiger partial charge in [-0.25, -0.2) is 9.59 Å². The molecule has 102 valence electrons. The Bertz CT molecular complexity index is 688. The summed E-state index contributed by atoms with van der Waals surface area (Å²) in [7, 11) is 0. The summed E-state index contributed by atoms with van der Waals surface area (Å²) < 4.78 is 0. The molecule has 2 N–H and O–H groups in total. The molecule has 7 nitrogen and oxygen atoms in total. The molecule has 0 saturated heterocycles. The number of aromatic carboxylic acids is 2. The van der Waals surface area contributed by atoms with Crippen LogP contribution in [0.15, 0.2) is 29.6 Å². The monoisotopic (exact) mass is 293 g/mol. The molecule has 0 aliphatic heterocycles. The average Bonchev–Trinajstić information content (AvgIpc) is 2.87. The zero-order valence-electron chi connectivity index (χ0n) is 9.77. The minimum absolute atomic E-state index is 0.0726. The average molecular weight is 293 g/mol. The van der Waals surface area contributed by atoms with E-state index in [1.807, 2.05) is 0 Å². The first-order chi connectivity index (χ1) is 9.38. The van der Waals surface area contributed by atoms with Crippen molar-refractivity contribution < 1.29 is 24.7 Å². The first-order valence-electron chi connectivity index (χ1n) is 5.23. The Balaban J connectivity index is 2.57. The topological polar surface area (TPSA) is 118 Å². The van der Waals surface area contributed by atoms with Gasteiger partial charge < -0.3 is 10.2 Å². The zero-order valence-corrected chi connectivity index (χ0v) is 10.6. The standard InChI is InChI=1S/C12H7NO6S/c14-11(15)7-1-6(2-9(3-7)13(18)19)8-4-10(12(16)17)20-5-8/h1-5H,(H,14,15)(H,16,17). The summed E-state index contributed by atoms with van der Waals surface area (Å²) in [5.41, 5.74) is 0.138. The van der Waals surface area contributed by atoms with Crippen LogP contribution in [0.4, 0.5) is 5.69 Å². The van der Waals surface area contributed by atoms with Crippen LogP contribution in [-0.2, 0) is 0 Å². The lowest BCUT2D eigenvalue weighted by Crippen LogP contribution is -1.99. The van der Waals surface area contributed by atoms with Gasteiger partial charge in [-0.15, -0.1) is 11.3 Å². The van der Waals surface area contributed by atoms with Gasteiger partial charge in [-0.05, 0) is 28.6 Å². The SMILES string of the molecule is O=C(O)c1cc(-c2csc(C(=O)O)c2)cc([N+](=O)[O-])c1. The quantitative estimate of drug-likeness (QED) is 0.661. The summed E-state index contributed by atoms with van der Waals surface area (Å²) in [5, 5.41) is 30.1. The smallest absolute Gasteiger partial charge is 0.345 e. The van der Waals surface area contributed by atoms with Gasteiger partial charge >= 0.3 is 11.9 Å². The van der Waals surface area contributed by atoms with E-state index < -0.39 is 16.9 Å². The highest BCUT2D eigenvalue weighted by Gasteiger charge is 2.16. The van der Waals surface area contributed by atoms with Crippen molar-refractivity contribution in [3.05, 3.63) is 50.2 Å². The summed E-state index contributed by atoms with van der Waals surface area (Å²) in [4.78, 5) is 31.9. The lowest BCUT2D eigenvalue weighted by molar-refractivity contribution is -0.384. The van der Waals surface area contributed by atoms with Crippen molar-refractivity contribution >= 4 is 29.0 Å². The molecule has 0 atom stereocenters. The maximum atomic E-state index is 11.0. The third kappa shape index (κ3) is 2.64. The molecule has 0 saturated carbocycles. The Morgan fingerprint density at radius 2 is 1.75 bits per heavy atom. The number of carbonyl (C=O) groups is 2. The summed E-state index contributed by atoms with van der Waals surface area (Å²) >= 11 is 0.964. The van der Waals surface area contributed by atoms with E-state index in [0.29, 0.717) is 11.1 Å². The molecule has 0 fully saturated rings. The number of non-ortho nitro benzene ring substituents is 1. The second kappa shape index (κ2) is 5.10. The molecule has 1 aromatic heterocycles. The van der Waals surface area contributed by atoms with Gasteiger partial charge in [0, 0.05) is 12.1 Å². The summed E-state index contributed by atoms with van der Waals surface area (Å²) in [6.07, 6.45) is 0. The van der Waals surface area contributed by atoms with E-state index in [0.717, 1.165) is 17.4 Å². The lowest BCUT2D eigenvalue weighted by Gasteiger charge is -2.01. The molecular formula is C12H7NO6S. The predicted octanol–water partition coefficient (Wildman–Crippen LogP) is 2.72. The fraction of sp³-hybridized carbons (Fsp3) is 0. The lowest BCUT2D eigenvalue weighted by atomic mass is 10.0. The second-order valence-electron chi connectivity index (χ2n) is 3.84. The van der Waals surface area contributed by atoms with Crippen LogP contribution in [0, 0.1) is 10.1 Å². The Kier molecular flexibility index (Phi) is 3.49. The maximum absolute atomic E-state index is 11.0. The van der Waals surface area contributed by atoms with E-state index in [1.165, 1.54) is 23.6 Å². The van der Waals surface area contributed by atoms with Gasteiger partial charge in [-0.3, -0.25) is 10.1 Å². The van der Waals surface area contributed by atoms with E-state index in [-0.39, 0.29) is 16.1 Å². The first-order valence-corrected chi connectivity index (χ1v) is 6.11. The molecular weight excluding hydrogens is 286 g/mol. The fourth-order valence-electron chi connectivity index (χ4n) is 1.61. The fourth-order valence-corrected chi connectivity index (χ4v) is 2.36. The zero-order chi connectivity index (χ0) is 14.9. The molecule has 0 radical (unpaired) electrons. The van der Waals surface area contributed by atoms with Crippen molar-refractivity contribution in [2.45, 2.75) is 0 Å². The third-order valence-corrected chi connectivity index (χ3v) is 3.44. The van der Waals surface area contributed by atoms with Crippen LogP contribution in [0.2, 0.25) is 0 Å². The van der Waals surface area contributed by atoms with Crippen LogP contribution < -0.4 is 0 Å². The van der Waals surface area contributed by atoms with Crippen LogP contribution in [0.5, 0.6) is 0 Å². The number of nitro benzene ring substituents is 1. The molecule has 20 heavy (non-hydrogen) atoms. The van der Waals surface area contributed by atoms with Crippen LogP contribution in [0.25, 0.3) is 11.1 Å². The minimum Gasteiger partial charge on any atom is -0.478 e. The molecule has 0 aliphatic carbocycles. The number of carboxylic acid groups (broad SMARTS) is 2. The number of carboxylic acids is 2. The minimum atomic E-state index is -1.29. The molecule has 0 bridgehead atoms. The van der Waals surface area contributed by atoms with Gasteiger partial charge in [0.05, 0.1) is 10.5 Å². The molecule has 0 aliphatic rings. The Labute approximate surface area is 115 Å². The summed E-state index contributed by atoms with van der Waals surface area (Å²) in [5.74, 6) is -2.39. The van der Waals surface area contributed by atoms with E-state index in [2.05, 4.69) is 0 Å². The third-order valence-electron chi connectivity index (χ3n) is 2.52. The number of hydrogen-bond acceptors (Lipinski definition) is 5. The highest BCUT2D eigenvalue weighted by Crippen LogP contribution is 2.29. The first kappa shape index (κ1) is 13.7. The molecule has 8 heteroatoms. The van der Waals surface area contributed by atoms with Crippen molar-refractivity contribution in [1.29, 1.82) is 0 Å². The van der Waals surface area contributed by atoms with Crippen molar-refractivity contribution in [2.75, 3.05) is 0 Å². The van der Waals surface area contributed by atoms with E-state index in [4.69, 9.17) is 10.2 Å². The Morgan fingerprint density at radius 1 is 1.05 bits per heavy atom. The number of rotatable bonds is 4. The van der Waals surface area contributed by atoms with Crippen LogP contribution in [0.3, 0.4) is 0 Å². The van der Waals surface area contributed by atoms with Crippen molar-refractivity contribution in [1.82, 2.24) is 0 Å². The summed E-state index contributed by atoms with van der Waals surface area (Å²) in [6.45, 7) is 0. The van der Waals surface area contributed by atoms with Gasteiger partial charge in [0.15, 0.2) is 0 Å². The molecule has 2 rings (SSSR count). The van der Waals surface area contributed by atoms with Crippen molar-refractivity contribution in [3.8, 4) is 11.1 Å². The largest absolute Gasteiger partial charge is 0.478 e. The Hall–Kier alpha value is -2.74. The van der Waals surface area contributed by atoms with E-state index in [9.17, 15) is 19.7 Å². The Morgan fingerprint density at radius 3 is 2.25 bits per heavy atom. The van der Waals surface area contributed by atoms with E-state index in [1.54, 1.807) is 0 Å². The molecule has 1 aromatic carbocycles. The van der Waals surface area contributed by atoms with Gasteiger partial charge in [0.25, 0.3) is 5.69 Å².